The number of fused-ring (bicyclic) bond motifs is 1. The van der Waals surface area contributed by atoms with Crippen molar-refractivity contribution in [2.24, 2.45) is 0 Å². The zero-order valence-electron chi connectivity index (χ0n) is 10.7. The van der Waals surface area contributed by atoms with Crippen LogP contribution in [-0.2, 0) is 6.54 Å². The van der Waals surface area contributed by atoms with Crippen LogP contribution >= 0.6 is 11.6 Å². The van der Waals surface area contributed by atoms with E-state index in [1.54, 1.807) is 6.92 Å². The summed E-state index contributed by atoms with van der Waals surface area (Å²) in [6, 6.07) is 5.65. The lowest BCUT2D eigenvalue weighted by atomic mass is 10.2. The van der Waals surface area contributed by atoms with Crippen LogP contribution in [0.15, 0.2) is 18.2 Å². The molecule has 0 saturated heterocycles. The van der Waals surface area contributed by atoms with Gasteiger partial charge in [-0.3, -0.25) is 4.68 Å². The predicted molar refractivity (Wildman–Crippen MR) is 72.5 cm³/mol. The second-order valence-corrected chi connectivity index (χ2v) is 4.21. The Morgan fingerprint density at radius 1 is 1.41 bits per heavy atom. The second kappa shape index (κ2) is 6.03. The van der Waals surface area contributed by atoms with Gasteiger partial charge in [0.1, 0.15) is 0 Å². The van der Waals surface area contributed by atoms with Crippen molar-refractivity contribution < 1.29 is 5.11 Å². The molecule has 3 nitrogen and oxygen atoms in total. The molecule has 1 N–H and O–H groups in total. The molecule has 4 heteroatoms. The van der Waals surface area contributed by atoms with Crippen LogP contribution in [0.4, 0.5) is 0 Å². The van der Waals surface area contributed by atoms with Gasteiger partial charge in [0.2, 0.25) is 0 Å². The molecule has 0 radical (unpaired) electrons. The highest BCUT2D eigenvalue weighted by Gasteiger charge is 2.08. The van der Waals surface area contributed by atoms with Crippen molar-refractivity contribution in [1.82, 2.24) is 9.78 Å². The number of halogens is 1. The van der Waals surface area contributed by atoms with Crippen LogP contribution in [0.1, 0.15) is 26.5 Å². The van der Waals surface area contributed by atoms with Crippen LogP contribution in [0.5, 0.6) is 0 Å². The smallest absolute Gasteiger partial charge is 0.0940 e. The fourth-order valence-electron chi connectivity index (χ4n) is 1.67. The fraction of sp³-hybridized carbons (Fsp3) is 0.462. The molecule has 0 fully saturated rings. The van der Waals surface area contributed by atoms with Crippen LogP contribution < -0.4 is 0 Å². The Labute approximate surface area is 107 Å². The summed E-state index contributed by atoms with van der Waals surface area (Å²) in [6.07, 6.45) is -0.395. The minimum absolute atomic E-state index is 0.395. The Bertz CT molecular complexity index is 491. The minimum atomic E-state index is -0.395. The van der Waals surface area contributed by atoms with E-state index in [-0.39, 0.29) is 0 Å². The molecule has 0 spiro atoms. The second-order valence-electron chi connectivity index (χ2n) is 3.78. The first-order chi connectivity index (χ1) is 8.08. The van der Waals surface area contributed by atoms with Crippen LogP contribution in [-0.4, -0.2) is 21.0 Å². The lowest BCUT2D eigenvalue weighted by molar-refractivity contribution is 0.168. The zero-order valence-corrected chi connectivity index (χ0v) is 11.5. The molecule has 0 saturated carbocycles. The van der Waals surface area contributed by atoms with Crippen LogP contribution in [0.2, 0.25) is 5.02 Å². The number of hydrogen-bond acceptors (Lipinski definition) is 2. The van der Waals surface area contributed by atoms with Gasteiger partial charge in [-0.2, -0.15) is 5.10 Å². The Morgan fingerprint density at radius 2 is 2.06 bits per heavy atom. The van der Waals surface area contributed by atoms with E-state index in [0.29, 0.717) is 11.6 Å². The summed E-state index contributed by atoms with van der Waals surface area (Å²) >= 11 is 5.89. The van der Waals surface area contributed by atoms with Crippen LogP contribution in [0.3, 0.4) is 0 Å². The van der Waals surface area contributed by atoms with Gasteiger partial charge in [0.25, 0.3) is 0 Å². The fourth-order valence-corrected chi connectivity index (χ4v) is 1.83. The molecule has 1 aromatic heterocycles. The maximum atomic E-state index is 9.32. The van der Waals surface area contributed by atoms with E-state index in [1.165, 1.54) is 0 Å². The Hall–Kier alpha value is -1.06. The predicted octanol–water partition coefficient (Wildman–Crippen LogP) is 3.41. The monoisotopic (exact) mass is 254 g/mol. The minimum Gasteiger partial charge on any atom is -0.391 e. The molecule has 0 aliphatic carbocycles. The third-order valence-electron chi connectivity index (χ3n) is 2.40. The molecule has 94 valence electrons. The molecule has 0 bridgehead atoms. The quantitative estimate of drug-likeness (QED) is 0.892. The van der Waals surface area contributed by atoms with Crippen LogP contribution in [0, 0.1) is 6.92 Å². The maximum absolute atomic E-state index is 9.32. The van der Waals surface area contributed by atoms with Crippen molar-refractivity contribution in [3.8, 4) is 0 Å². The van der Waals surface area contributed by atoms with Crippen molar-refractivity contribution in [3.05, 3.63) is 28.9 Å². The summed E-state index contributed by atoms with van der Waals surface area (Å²) in [5.41, 5.74) is 1.93. The van der Waals surface area contributed by atoms with Crippen molar-refractivity contribution in [3.63, 3.8) is 0 Å². The summed E-state index contributed by atoms with van der Waals surface area (Å²) in [6.45, 7) is 8.25. The summed E-state index contributed by atoms with van der Waals surface area (Å²) < 4.78 is 1.81. The Balaban J connectivity index is 0.000000686. The number of aromatic nitrogens is 2. The summed E-state index contributed by atoms with van der Waals surface area (Å²) in [5, 5.41) is 15.5. The van der Waals surface area contributed by atoms with E-state index in [9.17, 15) is 5.11 Å². The van der Waals surface area contributed by atoms with Gasteiger partial charge in [0.15, 0.2) is 0 Å². The maximum Gasteiger partial charge on any atom is 0.0940 e. The van der Waals surface area contributed by atoms with E-state index in [0.717, 1.165) is 16.6 Å². The highest BCUT2D eigenvalue weighted by molar-refractivity contribution is 6.31. The molecule has 1 aromatic carbocycles. The molecular formula is C13H19ClN2O. The first-order valence-electron chi connectivity index (χ1n) is 5.88. The normalized spacial score (nSPS) is 12.1. The van der Waals surface area contributed by atoms with Gasteiger partial charge in [0.05, 0.1) is 18.2 Å². The van der Waals surface area contributed by atoms with E-state index in [1.807, 2.05) is 43.7 Å². The largest absolute Gasteiger partial charge is 0.391 e. The topological polar surface area (TPSA) is 38.0 Å². The lowest BCUT2D eigenvalue weighted by Gasteiger charge is -2.05. The molecule has 1 atom stereocenters. The number of aliphatic hydroxyl groups is 1. The van der Waals surface area contributed by atoms with Gasteiger partial charge in [-0.1, -0.05) is 25.4 Å². The van der Waals surface area contributed by atoms with Crippen molar-refractivity contribution >= 4 is 22.5 Å². The van der Waals surface area contributed by atoms with Crippen LogP contribution in [0.25, 0.3) is 10.9 Å². The van der Waals surface area contributed by atoms with E-state index < -0.39 is 6.10 Å². The third kappa shape index (κ3) is 3.20. The molecule has 0 aliphatic rings. The highest BCUT2D eigenvalue weighted by Crippen LogP contribution is 2.21. The molecule has 2 aromatic rings. The number of rotatable bonds is 2. The average molecular weight is 255 g/mol. The highest BCUT2D eigenvalue weighted by atomic mass is 35.5. The first-order valence-corrected chi connectivity index (χ1v) is 6.26. The zero-order chi connectivity index (χ0) is 13.0. The molecule has 1 unspecified atom stereocenters. The van der Waals surface area contributed by atoms with Gasteiger partial charge < -0.3 is 5.11 Å². The Morgan fingerprint density at radius 3 is 2.65 bits per heavy atom. The summed E-state index contributed by atoms with van der Waals surface area (Å²) in [7, 11) is 0. The lowest BCUT2D eigenvalue weighted by Crippen LogP contribution is -2.13. The Kier molecular flexibility index (Phi) is 4.97. The molecule has 0 amide bonds. The molecular weight excluding hydrogens is 236 g/mol. The average Bonchev–Trinajstić information content (AvgIpc) is 2.57. The number of hydrogen-bond donors (Lipinski definition) is 1. The van der Waals surface area contributed by atoms with Gasteiger partial charge in [-0.15, -0.1) is 0 Å². The molecule has 0 aliphatic heterocycles. The van der Waals surface area contributed by atoms with Gasteiger partial charge in [-0.05, 0) is 32.0 Å². The third-order valence-corrected chi connectivity index (χ3v) is 2.64. The SMILES string of the molecule is CC.Cc1c2ccc(Cl)cc2nn1CC(C)O. The molecule has 2 rings (SSSR count). The van der Waals surface area contributed by atoms with E-state index in [2.05, 4.69) is 5.10 Å². The van der Waals surface area contributed by atoms with Gasteiger partial charge >= 0.3 is 0 Å². The van der Waals surface area contributed by atoms with Gasteiger partial charge in [-0.25, -0.2) is 0 Å². The van der Waals surface area contributed by atoms with E-state index >= 15 is 0 Å². The molecule has 1 heterocycles. The van der Waals surface area contributed by atoms with Crippen molar-refractivity contribution in [1.29, 1.82) is 0 Å². The number of benzene rings is 1. The summed E-state index contributed by atoms with van der Waals surface area (Å²) in [5.74, 6) is 0. The van der Waals surface area contributed by atoms with Gasteiger partial charge in [0, 0.05) is 16.1 Å². The summed E-state index contributed by atoms with van der Waals surface area (Å²) in [4.78, 5) is 0. The number of nitrogens with zero attached hydrogens (tertiary/aromatic N) is 2. The standard InChI is InChI=1S/C11H13ClN2O.C2H6/c1-7(15)6-14-8(2)10-4-3-9(12)5-11(10)13-14;1-2/h3-5,7,15H,6H2,1-2H3;1-2H3. The van der Waals surface area contributed by atoms with E-state index in [4.69, 9.17) is 11.6 Å². The van der Waals surface area contributed by atoms with Crippen molar-refractivity contribution in [2.45, 2.75) is 40.3 Å². The number of aliphatic hydroxyl groups excluding tert-OH is 1. The number of aryl methyl sites for hydroxylation is 1. The van der Waals surface area contributed by atoms with Crippen molar-refractivity contribution in [2.75, 3.05) is 0 Å². The molecule has 17 heavy (non-hydrogen) atoms. The first kappa shape index (κ1) is 14.0.